The zero-order chi connectivity index (χ0) is 16.1. The van der Waals surface area contributed by atoms with E-state index in [9.17, 15) is 9.59 Å². The van der Waals surface area contributed by atoms with Crippen LogP contribution in [0.5, 0.6) is 0 Å². The molecule has 0 saturated carbocycles. The van der Waals surface area contributed by atoms with Crippen molar-refractivity contribution in [2.75, 3.05) is 5.32 Å². The summed E-state index contributed by atoms with van der Waals surface area (Å²) in [6, 6.07) is 14.5. The number of nitrogens with one attached hydrogen (secondary N) is 1. The molecule has 0 fully saturated rings. The number of hydrogen-bond acceptors (Lipinski definition) is 3. The summed E-state index contributed by atoms with van der Waals surface area (Å²) in [7, 11) is 0. The second-order valence-electron chi connectivity index (χ2n) is 4.41. The quantitative estimate of drug-likeness (QED) is 0.680. The van der Waals surface area contributed by atoms with Gasteiger partial charge in [0.15, 0.2) is 11.7 Å². The van der Waals surface area contributed by atoms with Crippen LogP contribution in [0.2, 0.25) is 10.0 Å². The van der Waals surface area contributed by atoms with Crippen LogP contribution in [-0.2, 0) is 4.79 Å². The van der Waals surface area contributed by atoms with E-state index in [-0.39, 0.29) is 10.6 Å². The van der Waals surface area contributed by atoms with Gasteiger partial charge in [-0.05, 0) is 30.3 Å². The summed E-state index contributed by atoms with van der Waals surface area (Å²) in [5.41, 5.74) is 0.666. The van der Waals surface area contributed by atoms with Crippen molar-refractivity contribution in [2.24, 2.45) is 5.92 Å². The fourth-order valence-electron chi connectivity index (χ4n) is 1.79. The van der Waals surface area contributed by atoms with Crippen LogP contribution in [0.4, 0.5) is 5.69 Å². The van der Waals surface area contributed by atoms with E-state index >= 15 is 0 Å². The molecule has 2 aromatic carbocycles. The molecule has 110 valence electrons. The summed E-state index contributed by atoms with van der Waals surface area (Å²) in [5, 5.41) is 12.1. The lowest BCUT2D eigenvalue weighted by Crippen LogP contribution is -2.28. The van der Waals surface area contributed by atoms with Crippen LogP contribution >= 0.6 is 23.2 Å². The van der Waals surface area contributed by atoms with Gasteiger partial charge in [-0.15, -0.1) is 0 Å². The van der Waals surface area contributed by atoms with Crippen molar-refractivity contribution in [2.45, 2.75) is 0 Å². The van der Waals surface area contributed by atoms with Crippen molar-refractivity contribution in [1.82, 2.24) is 0 Å². The Kier molecular flexibility index (Phi) is 5.16. The maximum atomic E-state index is 12.3. The Hall–Kier alpha value is -2.35. The average Bonchev–Trinajstić information content (AvgIpc) is 2.51. The molecule has 0 saturated heterocycles. The molecule has 0 spiro atoms. The second-order valence-corrected chi connectivity index (χ2v) is 5.22. The number of carbonyl (C=O) groups excluding carboxylic acids is 2. The average molecular weight is 333 g/mol. The topological polar surface area (TPSA) is 70.0 Å². The van der Waals surface area contributed by atoms with Gasteiger partial charge < -0.3 is 5.32 Å². The molecule has 2 aromatic rings. The SMILES string of the molecule is N#CC(C(=O)Nc1ccccc1)C(=O)c1ccc(Cl)c(Cl)c1. The van der Waals surface area contributed by atoms with E-state index in [1.807, 2.05) is 0 Å². The van der Waals surface area contributed by atoms with E-state index in [1.54, 1.807) is 36.4 Å². The monoisotopic (exact) mass is 332 g/mol. The third-order valence-corrected chi connectivity index (χ3v) is 3.64. The van der Waals surface area contributed by atoms with Gasteiger partial charge in [-0.25, -0.2) is 0 Å². The Morgan fingerprint density at radius 1 is 1.05 bits per heavy atom. The van der Waals surface area contributed by atoms with Gasteiger partial charge in [0.05, 0.1) is 16.1 Å². The molecule has 0 heterocycles. The number of anilines is 1. The number of ketones is 1. The van der Waals surface area contributed by atoms with Gasteiger partial charge in [0.2, 0.25) is 5.91 Å². The highest BCUT2D eigenvalue weighted by Crippen LogP contribution is 2.24. The highest BCUT2D eigenvalue weighted by Gasteiger charge is 2.28. The zero-order valence-corrected chi connectivity index (χ0v) is 12.7. The molecule has 1 unspecified atom stereocenters. The molecule has 6 heteroatoms. The number of hydrogen-bond donors (Lipinski definition) is 1. The van der Waals surface area contributed by atoms with Gasteiger partial charge in [-0.3, -0.25) is 9.59 Å². The molecule has 22 heavy (non-hydrogen) atoms. The first-order chi connectivity index (χ1) is 10.5. The molecule has 0 aromatic heterocycles. The third kappa shape index (κ3) is 3.64. The first kappa shape index (κ1) is 16.0. The standard InChI is InChI=1S/C16H10Cl2N2O2/c17-13-7-6-10(8-14(13)18)15(21)12(9-19)16(22)20-11-4-2-1-3-5-11/h1-8,12H,(H,20,22). The van der Waals surface area contributed by atoms with Crippen molar-refractivity contribution < 1.29 is 9.59 Å². The van der Waals surface area contributed by atoms with Crippen LogP contribution < -0.4 is 5.32 Å². The maximum Gasteiger partial charge on any atom is 0.249 e. The Morgan fingerprint density at radius 2 is 1.73 bits per heavy atom. The van der Waals surface area contributed by atoms with E-state index in [0.717, 1.165) is 0 Å². The van der Waals surface area contributed by atoms with Crippen molar-refractivity contribution in [3.05, 3.63) is 64.1 Å². The predicted octanol–water partition coefficient (Wildman–Crippen LogP) is 3.95. The number of benzene rings is 2. The minimum atomic E-state index is -1.46. The fraction of sp³-hybridized carbons (Fsp3) is 0.0625. The first-order valence-corrected chi connectivity index (χ1v) is 7.03. The second kappa shape index (κ2) is 7.08. The Balaban J connectivity index is 2.20. The van der Waals surface area contributed by atoms with Gasteiger partial charge in [0, 0.05) is 11.3 Å². The van der Waals surface area contributed by atoms with E-state index < -0.39 is 17.6 Å². The van der Waals surface area contributed by atoms with Crippen molar-refractivity contribution in [1.29, 1.82) is 5.26 Å². The molecular weight excluding hydrogens is 323 g/mol. The van der Waals surface area contributed by atoms with E-state index in [0.29, 0.717) is 10.7 Å². The lowest BCUT2D eigenvalue weighted by atomic mass is 9.98. The highest BCUT2D eigenvalue weighted by molar-refractivity contribution is 6.42. The van der Waals surface area contributed by atoms with E-state index in [1.165, 1.54) is 18.2 Å². The number of rotatable bonds is 4. The number of nitrogens with zero attached hydrogens (tertiary/aromatic N) is 1. The van der Waals surface area contributed by atoms with Gasteiger partial charge >= 0.3 is 0 Å². The molecule has 1 atom stereocenters. The lowest BCUT2D eigenvalue weighted by molar-refractivity contribution is -0.117. The molecule has 1 N–H and O–H groups in total. The molecule has 1 amide bonds. The molecule has 0 aliphatic rings. The summed E-state index contributed by atoms with van der Waals surface area (Å²) in [4.78, 5) is 24.4. The van der Waals surface area contributed by atoms with Gasteiger partial charge in [0.25, 0.3) is 0 Å². The molecule has 2 rings (SSSR count). The maximum absolute atomic E-state index is 12.3. The Bertz CT molecular complexity index is 754. The summed E-state index contributed by atoms with van der Waals surface area (Å²) in [6.45, 7) is 0. The Morgan fingerprint density at radius 3 is 2.32 bits per heavy atom. The molecule has 0 bridgehead atoms. The third-order valence-electron chi connectivity index (χ3n) is 2.90. The minimum Gasteiger partial charge on any atom is -0.325 e. The number of amides is 1. The Labute approximate surface area is 137 Å². The summed E-state index contributed by atoms with van der Waals surface area (Å²) >= 11 is 11.6. The minimum absolute atomic E-state index is 0.157. The molecule has 0 radical (unpaired) electrons. The molecule has 0 aliphatic heterocycles. The number of Topliss-reactive ketones (excluding diaryl/α,β-unsaturated/α-hetero) is 1. The molecule has 4 nitrogen and oxygen atoms in total. The van der Waals surface area contributed by atoms with Crippen molar-refractivity contribution >= 4 is 40.6 Å². The highest BCUT2D eigenvalue weighted by atomic mass is 35.5. The number of para-hydroxylation sites is 1. The van der Waals surface area contributed by atoms with Crippen LogP contribution in [0.15, 0.2) is 48.5 Å². The molecular formula is C16H10Cl2N2O2. The zero-order valence-electron chi connectivity index (χ0n) is 11.2. The normalized spacial score (nSPS) is 11.3. The van der Waals surface area contributed by atoms with Crippen LogP contribution in [0.25, 0.3) is 0 Å². The molecule has 0 aliphatic carbocycles. The van der Waals surface area contributed by atoms with Gasteiger partial charge in [-0.2, -0.15) is 5.26 Å². The van der Waals surface area contributed by atoms with Gasteiger partial charge in [0.1, 0.15) is 0 Å². The fourth-order valence-corrected chi connectivity index (χ4v) is 2.09. The van der Waals surface area contributed by atoms with E-state index in [2.05, 4.69) is 5.32 Å². The van der Waals surface area contributed by atoms with Crippen molar-refractivity contribution in [3.63, 3.8) is 0 Å². The predicted molar refractivity (Wildman–Crippen MR) is 85.0 cm³/mol. The smallest absolute Gasteiger partial charge is 0.249 e. The summed E-state index contributed by atoms with van der Waals surface area (Å²) < 4.78 is 0. The van der Waals surface area contributed by atoms with Crippen molar-refractivity contribution in [3.8, 4) is 6.07 Å². The lowest BCUT2D eigenvalue weighted by Gasteiger charge is -2.10. The van der Waals surface area contributed by atoms with Gasteiger partial charge in [-0.1, -0.05) is 41.4 Å². The van der Waals surface area contributed by atoms with E-state index in [4.69, 9.17) is 28.5 Å². The van der Waals surface area contributed by atoms with Crippen LogP contribution in [0.1, 0.15) is 10.4 Å². The number of halogens is 2. The van der Waals surface area contributed by atoms with Crippen LogP contribution in [0, 0.1) is 17.2 Å². The largest absolute Gasteiger partial charge is 0.325 e. The first-order valence-electron chi connectivity index (χ1n) is 6.27. The number of carbonyl (C=O) groups is 2. The van der Waals surface area contributed by atoms with Crippen LogP contribution in [0.3, 0.4) is 0 Å². The summed E-state index contributed by atoms with van der Waals surface area (Å²) in [5.74, 6) is -2.78. The number of nitriles is 1. The van der Waals surface area contributed by atoms with Crippen LogP contribution in [-0.4, -0.2) is 11.7 Å². The summed E-state index contributed by atoms with van der Waals surface area (Å²) in [6.07, 6.45) is 0.